The maximum absolute atomic E-state index is 13.9. The van der Waals surface area contributed by atoms with Gasteiger partial charge < -0.3 is 14.8 Å². The van der Waals surface area contributed by atoms with Gasteiger partial charge in [-0.25, -0.2) is 4.85 Å². The lowest BCUT2D eigenvalue weighted by Gasteiger charge is -2.24. The van der Waals surface area contributed by atoms with E-state index in [2.05, 4.69) is 48.3 Å². The zero-order valence-corrected chi connectivity index (χ0v) is 23.1. The number of nitrogens with zero attached hydrogens (tertiary/aromatic N) is 1. The van der Waals surface area contributed by atoms with Crippen LogP contribution in [0.5, 0.6) is 5.75 Å². The number of aryl methyl sites for hydroxylation is 1. The predicted octanol–water partition coefficient (Wildman–Crippen LogP) is 7.59. The molecule has 0 saturated carbocycles. The van der Waals surface area contributed by atoms with E-state index >= 15 is 0 Å². The molecule has 0 aromatic heterocycles. The fourth-order valence-corrected chi connectivity index (χ4v) is 4.82. The van der Waals surface area contributed by atoms with E-state index in [-0.39, 0.29) is 30.9 Å². The van der Waals surface area contributed by atoms with Crippen molar-refractivity contribution >= 4 is 28.3 Å². The van der Waals surface area contributed by atoms with Crippen molar-refractivity contribution < 1.29 is 19.1 Å². The minimum Gasteiger partial charge on any atom is -0.490 e. The number of nitrogens with one attached hydrogen (secondary N) is 1. The SMILES string of the molecule is [C-]#[N+]c1cccc(OCc2ccc(CCC(=O)OC)c(C(=O)NC(CC(C)C)c3cccc4ccccc34)c2)c1. The Balaban J connectivity index is 1.64. The number of methoxy groups -OCH3 is 1. The Hall–Kier alpha value is -4.63. The monoisotopic (exact) mass is 534 g/mol. The van der Waals surface area contributed by atoms with Crippen molar-refractivity contribution in [2.24, 2.45) is 5.92 Å². The smallest absolute Gasteiger partial charge is 0.305 e. The number of carbonyl (C=O) groups is 2. The maximum Gasteiger partial charge on any atom is 0.305 e. The second-order valence-electron chi connectivity index (χ2n) is 10.2. The van der Waals surface area contributed by atoms with Crippen molar-refractivity contribution in [3.63, 3.8) is 0 Å². The number of benzene rings is 4. The zero-order valence-electron chi connectivity index (χ0n) is 23.1. The van der Waals surface area contributed by atoms with Crippen LogP contribution in [0.4, 0.5) is 5.69 Å². The van der Waals surface area contributed by atoms with E-state index in [0.717, 1.165) is 33.9 Å². The van der Waals surface area contributed by atoms with Crippen LogP contribution in [0.1, 0.15) is 59.8 Å². The Morgan fingerprint density at radius 3 is 2.50 bits per heavy atom. The molecule has 204 valence electrons. The van der Waals surface area contributed by atoms with Crippen LogP contribution in [0.2, 0.25) is 0 Å². The number of hydrogen-bond donors (Lipinski definition) is 1. The third-order valence-corrected chi connectivity index (χ3v) is 6.81. The highest BCUT2D eigenvalue weighted by molar-refractivity contribution is 5.97. The molecule has 0 aliphatic rings. The van der Waals surface area contributed by atoms with Gasteiger partial charge in [0.1, 0.15) is 12.4 Å². The Bertz CT molecular complexity index is 1530. The number of esters is 1. The summed E-state index contributed by atoms with van der Waals surface area (Å²) >= 11 is 0. The van der Waals surface area contributed by atoms with E-state index in [1.54, 1.807) is 24.3 Å². The lowest BCUT2D eigenvalue weighted by molar-refractivity contribution is -0.140. The van der Waals surface area contributed by atoms with Gasteiger partial charge in [0, 0.05) is 12.0 Å². The van der Waals surface area contributed by atoms with Gasteiger partial charge in [-0.2, -0.15) is 0 Å². The molecule has 4 rings (SSSR count). The number of fused-ring (bicyclic) bond motifs is 1. The van der Waals surface area contributed by atoms with E-state index in [1.165, 1.54) is 7.11 Å². The van der Waals surface area contributed by atoms with Crippen LogP contribution in [-0.4, -0.2) is 19.0 Å². The zero-order chi connectivity index (χ0) is 28.5. The molecule has 4 aromatic rings. The van der Waals surface area contributed by atoms with E-state index in [9.17, 15) is 9.59 Å². The molecule has 1 N–H and O–H groups in total. The minimum absolute atomic E-state index is 0.175. The fourth-order valence-electron chi connectivity index (χ4n) is 4.82. The summed E-state index contributed by atoms with van der Waals surface area (Å²) in [5.41, 5.74) is 3.67. The summed E-state index contributed by atoms with van der Waals surface area (Å²) in [5, 5.41) is 5.55. The molecule has 0 radical (unpaired) electrons. The van der Waals surface area contributed by atoms with E-state index in [0.29, 0.717) is 29.3 Å². The normalized spacial score (nSPS) is 11.6. The van der Waals surface area contributed by atoms with Gasteiger partial charge in [-0.1, -0.05) is 80.6 Å². The van der Waals surface area contributed by atoms with E-state index in [4.69, 9.17) is 16.0 Å². The minimum atomic E-state index is -0.327. The largest absolute Gasteiger partial charge is 0.490 e. The molecular formula is C34H34N2O4. The molecule has 0 aliphatic heterocycles. The lowest BCUT2D eigenvalue weighted by atomic mass is 9.92. The van der Waals surface area contributed by atoms with Gasteiger partial charge in [0.25, 0.3) is 5.91 Å². The second-order valence-corrected chi connectivity index (χ2v) is 10.2. The Kier molecular flexibility index (Phi) is 9.53. The third-order valence-electron chi connectivity index (χ3n) is 6.81. The summed E-state index contributed by atoms with van der Waals surface area (Å²) in [6.45, 7) is 11.7. The van der Waals surface area contributed by atoms with Gasteiger partial charge >= 0.3 is 5.97 Å². The number of amides is 1. The van der Waals surface area contributed by atoms with Crippen molar-refractivity contribution in [2.45, 2.75) is 45.8 Å². The molecule has 40 heavy (non-hydrogen) atoms. The third kappa shape index (κ3) is 7.27. The summed E-state index contributed by atoms with van der Waals surface area (Å²) in [6, 6.07) is 26.8. The van der Waals surface area contributed by atoms with Crippen LogP contribution in [0.25, 0.3) is 15.6 Å². The van der Waals surface area contributed by atoms with Crippen LogP contribution in [0, 0.1) is 12.5 Å². The van der Waals surface area contributed by atoms with Crippen molar-refractivity contribution in [3.8, 4) is 5.75 Å². The molecule has 1 amide bonds. The molecule has 6 nitrogen and oxygen atoms in total. The molecule has 0 spiro atoms. The molecule has 0 saturated heterocycles. The van der Waals surface area contributed by atoms with Crippen LogP contribution in [-0.2, 0) is 22.6 Å². The predicted molar refractivity (Wildman–Crippen MR) is 157 cm³/mol. The highest BCUT2D eigenvalue weighted by Gasteiger charge is 2.21. The standard InChI is InChI=1S/C34H34N2O4/c1-23(2)19-32(30-14-7-10-25-9-5-6-13-29(25)30)36-34(38)31-20-24(15-16-26(31)17-18-33(37)39-4)22-40-28-12-8-11-27(21-28)35-3/h5-16,20-21,23,32H,17-19,22H2,1-2,4H3,(H,36,38). The van der Waals surface area contributed by atoms with Crippen LogP contribution < -0.4 is 10.1 Å². The first-order valence-corrected chi connectivity index (χ1v) is 13.5. The van der Waals surface area contributed by atoms with Gasteiger partial charge in [-0.3, -0.25) is 9.59 Å². The number of carbonyl (C=O) groups excluding carboxylic acids is 2. The Labute approximate surface area is 235 Å². The van der Waals surface area contributed by atoms with Gasteiger partial charge in [-0.15, -0.1) is 0 Å². The average molecular weight is 535 g/mol. The van der Waals surface area contributed by atoms with Crippen molar-refractivity contribution in [1.82, 2.24) is 5.32 Å². The summed E-state index contributed by atoms with van der Waals surface area (Å²) in [7, 11) is 1.36. The first-order valence-electron chi connectivity index (χ1n) is 13.5. The Morgan fingerprint density at radius 1 is 0.950 bits per heavy atom. The van der Waals surface area contributed by atoms with Crippen molar-refractivity contribution in [2.75, 3.05) is 7.11 Å². The highest BCUT2D eigenvalue weighted by atomic mass is 16.5. The summed E-state index contributed by atoms with van der Waals surface area (Å²) in [4.78, 5) is 29.2. The first-order chi connectivity index (χ1) is 19.4. The number of hydrogen-bond acceptors (Lipinski definition) is 4. The Morgan fingerprint density at radius 2 is 1.73 bits per heavy atom. The summed E-state index contributed by atoms with van der Waals surface area (Å²) in [6.07, 6.45) is 1.33. The van der Waals surface area contributed by atoms with Gasteiger partial charge in [0.15, 0.2) is 5.69 Å². The molecule has 0 aliphatic carbocycles. The van der Waals surface area contributed by atoms with Gasteiger partial charge in [-0.05, 0) is 64.4 Å². The molecule has 4 aromatic carbocycles. The molecule has 1 atom stereocenters. The van der Waals surface area contributed by atoms with E-state index in [1.807, 2.05) is 36.4 Å². The lowest BCUT2D eigenvalue weighted by Crippen LogP contribution is -2.30. The van der Waals surface area contributed by atoms with Crippen LogP contribution in [0.3, 0.4) is 0 Å². The molecule has 0 fully saturated rings. The summed E-state index contributed by atoms with van der Waals surface area (Å²) < 4.78 is 10.8. The van der Waals surface area contributed by atoms with Crippen molar-refractivity contribution in [3.05, 3.63) is 119 Å². The summed E-state index contributed by atoms with van der Waals surface area (Å²) in [5.74, 6) is 0.415. The molecule has 0 heterocycles. The van der Waals surface area contributed by atoms with Crippen molar-refractivity contribution in [1.29, 1.82) is 0 Å². The van der Waals surface area contributed by atoms with Crippen LogP contribution >= 0.6 is 0 Å². The number of ether oxygens (including phenoxy) is 2. The number of rotatable bonds is 11. The fraction of sp³-hybridized carbons (Fsp3) is 0.265. The highest BCUT2D eigenvalue weighted by Crippen LogP contribution is 2.29. The van der Waals surface area contributed by atoms with Gasteiger partial charge in [0.2, 0.25) is 0 Å². The molecule has 1 unspecified atom stereocenters. The molecular weight excluding hydrogens is 500 g/mol. The molecule has 6 heteroatoms. The molecule has 0 bridgehead atoms. The van der Waals surface area contributed by atoms with E-state index < -0.39 is 0 Å². The van der Waals surface area contributed by atoms with Crippen LogP contribution in [0.15, 0.2) is 84.9 Å². The second kappa shape index (κ2) is 13.4. The first kappa shape index (κ1) is 28.4. The average Bonchev–Trinajstić information content (AvgIpc) is 2.98. The quantitative estimate of drug-likeness (QED) is 0.159. The maximum atomic E-state index is 13.9. The topological polar surface area (TPSA) is 69.0 Å². The van der Waals surface area contributed by atoms with Gasteiger partial charge in [0.05, 0.1) is 19.7 Å².